The van der Waals surface area contributed by atoms with Crippen LogP contribution in [0.2, 0.25) is 5.02 Å². The average Bonchev–Trinajstić information content (AvgIpc) is 2.23. The molecule has 0 bridgehead atoms. The first-order valence-corrected chi connectivity index (χ1v) is 5.39. The van der Waals surface area contributed by atoms with E-state index < -0.39 is 0 Å². The second-order valence-electron chi connectivity index (χ2n) is 3.57. The Morgan fingerprint density at radius 3 is 2.53 bits per heavy atom. The van der Waals surface area contributed by atoms with Crippen LogP contribution in [0.25, 0.3) is 0 Å². The molecule has 0 saturated carbocycles. The number of allylic oxidation sites excluding steroid dienone is 2. The summed E-state index contributed by atoms with van der Waals surface area (Å²) in [6.07, 6.45) is 0. The smallest absolute Gasteiger partial charge is 0.183 e. The van der Waals surface area contributed by atoms with E-state index in [2.05, 4.69) is 10.2 Å². The predicted molar refractivity (Wildman–Crippen MR) is 66.7 cm³/mol. The molecule has 5 heteroatoms. The van der Waals surface area contributed by atoms with Gasteiger partial charge in [-0.15, -0.1) is 10.2 Å². The third kappa shape index (κ3) is 3.39. The van der Waals surface area contributed by atoms with Crippen molar-refractivity contribution in [3.8, 4) is 0 Å². The molecule has 1 aromatic carbocycles. The van der Waals surface area contributed by atoms with Crippen LogP contribution in [0.4, 0.5) is 5.69 Å². The minimum absolute atomic E-state index is 0.0515. The number of halogens is 1. The monoisotopic (exact) mass is 252 g/mol. The quantitative estimate of drug-likeness (QED) is 0.500. The van der Waals surface area contributed by atoms with Gasteiger partial charge in [-0.2, -0.15) is 0 Å². The fourth-order valence-electron chi connectivity index (χ4n) is 1.21. The van der Waals surface area contributed by atoms with E-state index in [0.717, 1.165) is 5.56 Å². The summed E-state index contributed by atoms with van der Waals surface area (Å²) in [5.74, 6) is -0.491. The molecule has 1 N–H and O–H groups in total. The molecule has 0 saturated heterocycles. The molecule has 0 aliphatic carbocycles. The highest BCUT2D eigenvalue weighted by Crippen LogP contribution is 2.26. The Morgan fingerprint density at radius 2 is 2.00 bits per heavy atom. The standard InChI is InChI=1S/C12H13ClN2O2/c1-7-10(13)5-4-6-11(7)14-15-12(8(2)16)9(3)17/h4-6,16H,1-3H3. The van der Waals surface area contributed by atoms with Crippen LogP contribution >= 0.6 is 11.6 Å². The molecule has 0 aliphatic heterocycles. The van der Waals surface area contributed by atoms with Gasteiger partial charge in [0.15, 0.2) is 11.5 Å². The first-order chi connectivity index (χ1) is 7.93. The van der Waals surface area contributed by atoms with Crippen molar-refractivity contribution in [3.05, 3.63) is 40.2 Å². The van der Waals surface area contributed by atoms with E-state index in [-0.39, 0.29) is 17.2 Å². The summed E-state index contributed by atoms with van der Waals surface area (Å²) in [7, 11) is 0. The lowest BCUT2D eigenvalue weighted by Gasteiger charge is -2.01. The Morgan fingerprint density at radius 1 is 1.35 bits per heavy atom. The number of rotatable bonds is 3. The van der Waals surface area contributed by atoms with Gasteiger partial charge in [-0.05, 0) is 31.5 Å². The van der Waals surface area contributed by atoms with Crippen LogP contribution in [0, 0.1) is 6.92 Å². The van der Waals surface area contributed by atoms with Crippen molar-refractivity contribution in [1.29, 1.82) is 0 Å². The lowest BCUT2D eigenvalue weighted by Crippen LogP contribution is -1.96. The number of benzene rings is 1. The highest BCUT2D eigenvalue weighted by atomic mass is 35.5. The van der Waals surface area contributed by atoms with Crippen LogP contribution in [-0.4, -0.2) is 10.9 Å². The summed E-state index contributed by atoms with van der Waals surface area (Å²) in [6, 6.07) is 5.22. The second kappa shape index (κ2) is 5.59. The van der Waals surface area contributed by atoms with Crippen LogP contribution in [0.1, 0.15) is 19.4 Å². The largest absolute Gasteiger partial charge is 0.510 e. The molecule has 0 unspecified atom stereocenters. The molecular weight excluding hydrogens is 240 g/mol. The number of hydrogen-bond acceptors (Lipinski definition) is 4. The fraction of sp³-hybridized carbons (Fsp3) is 0.250. The molecule has 90 valence electrons. The van der Waals surface area contributed by atoms with Gasteiger partial charge in [0.1, 0.15) is 5.76 Å². The molecule has 0 aromatic heterocycles. The van der Waals surface area contributed by atoms with E-state index in [4.69, 9.17) is 11.6 Å². The highest BCUT2D eigenvalue weighted by molar-refractivity contribution is 6.31. The molecule has 0 spiro atoms. The van der Waals surface area contributed by atoms with Crippen molar-refractivity contribution in [1.82, 2.24) is 0 Å². The van der Waals surface area contributed by atoms with E-state index in [1.807, 2.05) is 0 Å². The topological polar surface area (TPSA) is 62.0 Å². The summed E-state index contributed by atoms with van der Waals surface area (Å²) in [5, 5.41) is 17.5. The van der Waals surface area contributed by atoms with Crippen molar-refractivity contribution in [3.63, 3.8) is 0 Å². The van der Waals surface area contributed by atoms with E-state index in [1.54, 1.807) is 25.1 Å². The lowest BCUT2D eigenvalue weighted by molar-refractivity contribution is -0.113. The minimum atomic E-state index is -0.339. The number of ketones is 1. The number of hydrogen-bond donors (Lipinski definition) is 1. The fourth-order valence-corrected chi connectivity index (χ4v) is 1.38. The second-order valence-corrected chi connectivity index (χ2v) is 3.98. The molecule has 0 heterocycles. The average molecular weight is 253 g/mol. The molecule has 0 aliphatic rings. The molecule has 1 rings (SSSR count). The molecule has 17 heavy (non-hydrogen) atoms. The van der Waals surface area contributed by atoms with Gasteiger partial charge in [-0.25, -0.2) is 0 Å². The lowest BCUT2D eigenvalue weighted by atomic mass is 10.2. The van der Waals surface area contributed by atoms with Crippen molar-refractivity contribution in [2.24, 2.45) is 10.2 Å². The van der Waals surface area contributed by atoms with Gasteiger partial charge in [-0.3, -0.25) is 4.79 Å². The zero-order valence-electron chi connectivity index (χ0n) is 9.86. The Labute approximate surface area is 105 Å². The van der Waals surface area contributed by atoms with Gasteiger partial charge in [0.2, 0.25) is 0 Å². The molecule has 4 nitrogen and oxygen atoms in total. The normalized spacial score (nSPS) is 12.7. The van der Waals surface area contributed by atoms with Crippen LogP contribution in [0.15, 0.2) is 39.9 Å². The van der Waals surface area contributed by atoms with Gasteiger partial charge in [-0.1, -0.05) is 17.7 Å². The van der Waals surface area contributed by atoms with Crippen LogP contribution < -0.4 is 0 Å². The summed E-state index contributed by atoms with van der Waals surface area (Å²) < 4.78 is 0. The maximum absolute atomic E-state index is 11.2. The molecule has 1 aromatic rings. The maximum Gasteiger partial charge on any atom is 0.183 e. The zero-order chi connectivity index (χ0) is 13.0. The zero-order valence-corrected chi connectivity index (χ0v) is 10.6. The third-order valence-electron chi connectivity index (χ3n) is 2.17. The number of nitrogens with zero attached hydrogens (tertiary/aromatic N) is 2. The van der Waals surface area contributed by atoms with Gasteiger partial charge >= 0.3 is 0 Å². The molecule has 0 atom stereocenters. The van der Waals surface area contributed by atoms with Crippen LogP contribution in [-0.2, 0) is 4.79 Å². The Balaban J connectivity index is 3.10. The summed E-state index contributed by atoms with van der Waals surface area (Å²) in [4.78, 5) is 11.2. The SMILES string of the molecule is CC(=O)C(N=Nc1cccc(Cl)c1C)=C(C)O. The van der Waals surface area contributed by atoms with Crippen molar-refractivity contribution >= 4 is 23.1 Å². The van der Waals surface area contributed by atoms with E-state index >= 15 is 0 Å². The van der Waals surface area contributed by atoms with E-state index in [9.17, 15) is 9.90 Å². The summed E-state index contributed by atoms with van der Waals surface area (Å²) in [6.45, 7) is 4.51. The number of carbonyl (C=O) groups excluding carboxylic acids is 1. The van der Waals surface area contributed by atoms with E-state index in [1.165, 1.54) is 13.8 Å². The Hall–Kier alpha value is -1.68. The van der Waals surface area contributed by atoms with Crippen molar-refractivity contribution in [2.45, 2.75) is 20.8 Å². The third-order valence-corrected chi connectivity index (χ3v) is 2.58. The highest BCUT2D eigenvalue weighted by Gasteiger charge is 2.07. The van der Waals surface area contributed by atoms with Crippen LogP contribution in [0.3, 0.4) is 0 Å². The minimum Gasteiger partial charge on any atom is -0.510 e. The van der Waals surface area contributed by atoms with E-state index in [0.29, 0.717) is 10.7 Å². The Kier molecular flexibility index (Phi) is 4.40. The number of aliphatic hydroxyl groups excluding tert-OH is 1. The van der Waals surface area contributed by atoms with Gasteiger partial charge in [0.05, 0.1) is 5.69 Å². The molecule has 0 fully saturated rings. The molecule has 0 radical (unpaired) electrons. The van der Waals surface area contributed by atoms with Gasteiger partial charge in [0, 0.05) is 11.9 Å². The number of Topliss-reactive ketones (excluding diaryl/α,β-unsaturated/α-hetero) is 1. The van der Waals surface area contributed by atoms with Crippen LogP contribution in [0.5, 0.6) is 0 Å². The maximum atomic E-state index is 11.2. The van der Waals surface area contributed by atoms with Crippen molar-refractivity contribution in [2.75, 3.05) is 0 Å². The first kappa shape index (κ1) is 13.4. The Bertz CT molecular complexity index is 503. The number of aliphatic hydroxyl groups is 1. The first-order valence-electron chi connectivity index (χ1n) is 5.01. The molecular formula is C12H13ClN2O2. The summed E-state index contributed by atoms with van der Waals surface area (Å²) in [5.41, 5.74) is 1.29. The van der Waals surface area contributed by atoms with Gasteiger partial charge < -0.3 is 5.11 Å². The van der Waals surface area contributed by atoms with Gasteiger partial charge in [0.25, 0.3) is 0 Å². The number of azo groups is 1. The van der Waals surface area contributed by atoms with Crippen molar-refractivity contribution < 1.29 is 9.90 Å². The number of carbonyl (C=O) groups is 1. The molecule has 0 amide bonds. The predicted octanol–water partition coefficient (Wildman–Crippen LogP) is 4.11. The summed E-state index contributed by atoms with van der Waals surface area (Å²) >= 11 is 5.92.